The summed E-state index contributed by atoms with van der Waals surface area (Å²) in [4.78, 5) is 43.9. The molecule has 2 aliphatic rings. The molecule has 3 aromatic carbocycles. The topological polar surface area (TPSA) is 79.0 Å². The lowest BCUT2D eigenvalue weighted by Crippen LogP contribution is -2.48. The van der Waals surface area contributed by atoms with Crippen LogP contribution in [0.4, 0.5) is 11.4 Å². The van der Waals surface area contributed by atoms with Crippen molar-refractivity contribution in [3.8, 4) is 5.75 Å². The molecule has 0 aromatic heterocycles. The van der Waals surface area contributed by atoms with E-state index in [-0.39, 0.29) is 36.2 Å². The molecule has 1 saturated carbocycles. The van der Waals surface area contributed by atoms with Crippen molar-refractivity contribution >= 4 is 29.1 Å². The number of fused-ring (bicyclic) bond motifs is 2. The maximum absolute atomic E-state index is 13.8. The lowest BCUT2D eigenvalue weighted by atomic mass is 10.0. The van der Waals surface area contributed by atoms with Crippen LogP contribution in [0.15, 0.2) is 78.9 Å². The van der Waals surface area contributed by atoms with Gasteiger partial charge in [0.1, 0.15) is 5.75 Å². The van der Waals surface area contributed by atoms with Gasteiger partial charge in [0.25, 0.3) is 5.91 Å². The van der Waals surface area contributed by atoms with Crippen LogP contribution in [-0.2, 0) is 16.1 Å². The summed E-state index contributed by atoms with van der Waals surface area (Å²) >= 11 is 0. The number of rotatable bonds is 6. The predicted octanol–water partition coefficient (Wildman–Crippen LogP) is 4.17. The fourth-order valence-electron chi connectivity index (χ4n) is 5.35. The van der Waals surface area contributed by atoms with Gasteiger partial charge < -0.3 is 19.9 Å². The number of nitrogens with zero attached hydrogens (tertiary/aromatic N) is 2. The number of anilines is 2. The monoisotopic (exact) mass is 483 g/mol. The van der Waals surface area contributed by atoms with Crippen LogP contribution >= 0.6 is 0 Å². The fraction of sp³-hybridized carbons (Fsp3) is 0.276. The molecular weight excluding hydrogens is 454 g/mol. The van der Waals surface area contributed by atoms with E-state index in [1.807, 2.05) is 59.5 Å². The van der Waals surface area contributed by atoms with Gasteiger partial charge >= 0.3 is 0 Å². The highest BCUT2D eigenvalue weighted by molar-refractivity contribution is 6.08. The van der Waals surface area contributed by atoms with Gasteiger partial charge in [-0.15, -0.1) is 0 Å². The van der Waals surface area contributed by atoms with Gasteiger partial charge in [0.15, 0.2) is 0 Å². The Morgan fingerprint density at radius 1 is 0.917 bits per heavy atom. The predicted molar refractivity (Wildman–Crippen MR) is 138 cm³/mol. The first-order chi connectivity index (χ1) is 17.6. The standard InChI is InChI=1S/C29H29N3O4/c1-36-26-17-8-5-12-22(26)28(34)30-18-27(33)32-23-16-9-13-21(23)29(35)31(19-20-10-3-2-4-11-20)24-14-6-7-15-25(24)32/h2-8,10-12,14-15,17,21,23H,9,13,16,18-19H2,1H3,(H,30,34). The normalized spacial score (nSPS) is 18.8. The fourth-order valence-corrected chi connectivity index (χ4v) is 5.35. The van der Waals surface area contributed by atoms with E-state index < -0.39 is 0 Å². The zero-order valence-electron chi connectivity index (χ0n) is 20.2. The number of carbonyl (C=O) groups excluding carboxylic acids is 3. The first-order valence-corrected chi connectivity index (χ1v) is 12.3. The van der Waals surface area contributed by atoms with E-state index in [4.69, 9.17) is 4.74 Å². The maximum atomic E-state index is 13.8. The van der Waals surface area contributed by atoms with Gasteiger partial charge in [-0.1, -0.05) is 61.0 Å². The minimum absolute atomic E-state index is 0.0437. The molecule has 1 heterocycles. The molecule has 3 amide bonds. The molecule has 7 nitrogen and oxygen atoms in total. The van der Waals surface area contributed by atoms with Gasteiger partial charge in [-0.25, -0.2) is 0 Å². The van der Waals surface area contributed by atoms with Gasteiger partial charge in [0.05, 0.1) is 43.1 Å². The zero-order valence-corrected chi connectivity index (χ0v) is 20.2. The van der Waals surface area contributed by atoms with Crippen molar-refractivity contribution in [2.45, 2.75) is 31.8 Å². The Morgan fingerprint density at radius 2 is 1.61 bits per heavy atom. The summed E-state index contributed by atoms with van der Waals surface area (Å²) in [5.41, 5.74) is 2.81. The summed E-state index contributed by atoms with van der Waals surface area (Å²) in [5.74, 6) is -0.414. The van der Waals surface area contributed by atoms with Gasteiger partial charge in [-0.05, 0) is 42.7 Å². The molecule has 7 heteroatoms. The lowest BCUT2D eigenvalue weighted by Gasteiger charge is -2.30. The third-order valence-corrected chi connectivity index (χ3v) is 7.03. The molecule has 0 bridgehead atoms. The Labute approximate surface area is 210 Å². The van der Waals surface area contributed by atoms with Gasteiger partial charge in [0, 0.05) is 6.04 Å². The van der Waals surface area contributed by atoms with Gasteiger partial charge in [0.2, 0.25) is 11.8 Å². The van der Waals surface area contributed by atoms with E-state index in [0.29, 0.717) is 29.2 Å². The maximum Gasteiger partial charge on any atom is 0.255 e. The van der Waals surface area contributed by atoms with Crippen LogP contribution in [-0.4, -0.2) is 37.4 Å². The van der Waals surface area contributed by atoms with E-state index in [2.05, 4.69) is 5.32 Å². The average molecular weight is 484 g/mol. The highest BCUT2D eigenvalue weighted by Crippen LogP contribution is 2.43. The van der Waals surface area contributed by atoms with E-state index in [1.54, 1.807) is 29.2 Å². The Morgan fingerprint density at radius 3 is 2.39 bits per heavy atom. The quantitative estimate of drug-likeness (QED) is 0.571. The molecular formula is C29H29N3O4. The van der Waals surface area contributed by atoms with E-state index in [1.165, 1.54) is 7.11 Å². The molecule has 2 unspecified atom stereocenters. The number of ether oxygens (including phenoxy) is 1. The Bertz CT molecular complexity index is 1280. The van der Waals surface area contributed by atoms with Crippen LogP contribution in [0, 0.1) is 5.92 Å². The number of amides is 3. The van der Waals surface area contributed by atoms with Gasteiger partial charge in [-0.3, -0.25) is 14.4 Å². The van der Waals surface area contributed by atoms with Crippen molar-refractivity contribution in [2.75, 3.05) is 23.5 Å². The Balaban J connectivity index is 1.45. The van der Waals surface area contributed by atoms with Crippen molar-refractivity contribution in [3.05, 3.63) is 90.0 Å². The van der Waals surface area contributed by atoms with Crippen molar-refractivity contribution in [2.24, 2.45) is 5.92 Å². The van der Waals surface area contributed by atoms with Crippen LogP contribution < -0.4 is 19.9 Å². The molecule has 1 fully saturated rings. The molecule has 1 aliphatic heterocycles. The van der Waals surface area contributed by atoms with Crippen molar-refractivity contribution < 1.29 is 19.1 Å². The molecule has 36 heavy (non-hydrogen) atoms. The van der Waals surface area contributed by atoms with Gasteiger partial charge in [-0.2, -0.15) is 0 Å². The summed E-state index contributed by atoms with van der Waals surface area (Å²) in [6.45, 7) is 0.258. The van der Waals surface area contributed by atoms with Crippen molar-refractivity contribution in [1.29, 1.82) is 0 Å². The minimum atomic E-state index is -0.381. The summed E-state index contributed by atoms with van der Waals surface area (Å²) in [5, 5.41) is 2.76. The molecule has 5 rings (SSSR count). The molecule has 1 aliphatic carbocycles. The number of carbonyl (C=O) groups is 3. The second-order valence-electron chi connectivity index (χ2n) is 9.15. The molecule has 0 radical (unpaired) electrons. The highest BCUT2D eigenvalue weighted by Gasteiger charge is 2.45. The first kappa shape index (κ1) is 23.6. The number of hydrogen-bond donors (Lipinski definition) is 1. The van der Waals surface area contributed by atoms with Crippen LogP contribution in [0.5, 0.6) is 5.75 Å². The van der Waals surface area contributed by atoms with E-state index in [9.17, 15) is 14.4 Å². The van der Waals surface area contributed by atoms with E-state index in [0.717, 1.165) is 24.8 Å². The van der Waals surface area contributed by atoms with E-state index >= 15 is 0 Å². The largest absolute Gasteiger partial charge is 0.496 e. The van der Waals surface area contributed by atoms with Crippen LogP contribution in [0.3, 0.4) is 0 Å². The first-order valence-electron chi connectivity index (χ1n) is 12.3. The average Bonchev–Trinajstić information content (AvgIpc) is 3.37. The summed E-state index contributed by atoms with van der Waals surface area (Å²) < 4.78 is 5.28. The third-order valence-electron chi connectivity index (χ3n) is 7.03. The van der Waals surface area contributed by atoms with Crippen LogP contribution in [0.25, 0.3) is 0 Å². The molecule has 184 valence electrons. The summed E-state index contributed by atoms with van der Waals surface area (Å²) in [7, 11) is 1.50. The Kier molecular flexibility index (Phi) is 6.71. The number of methoxy groups -OCH3 is 1. The molecule has 0 spiro atoms. The molecule has 2 atom stereocenters. The second-order valence-corrected chi connectivity index (χ2v) is 9.15. The molecule has 3 aromatic rings. The molecule has 0 saturated heterocycles. The summed E-state index contributed by atoms with van der Waals surface area (Å²) in [6.07, 6.45) is 2.36. The number of para-hydroxylation sites is 3. The third kappa shape index (κ3) is 4.44. The summed E-state index contributed by atoms with van der Waals surface area (Å²) in [6, 6.07) is 24.1. The SMILES string of the molecule is COc1ccccc1C(=O)NCC(=O)N1c2ccccc2N(Cc2ccccc2)C(=O)C2CCCC21. The zero-order chi connectivity index (χ0) is 25.1. The van der Waals surface area contributed by atoms with Crippen LogP contribution in [0.1, 0.15) is 35.2 Å². The van der Waals surface area contributed by atoms with Crippen molar-refractivity contribution in [3.63, 3.8) is 0 Å². The minimum Gasteiger partial charge on any atom is -0.496 e. The molecule has 1 N–H and O–H groups in total. The van der Waals surface area contributed by atoms with Crippen molar-refractivity contribution in [1.82, 2.24) is 5.32 Å². The van der Waals surface area contributed by atoms with Crippen LogP contribution in [0.2, 0.25) is 0 Å². The Hall–Kier alpha value is -4.13. The number of nitrogens with one attached hydrogen (secondary N) is 1. The smallest absolute Gasteiger partial charge is 0.255 e. The highest BCUT2D eigenvalue weighted by atomic mass is 16.5. The number of hydrogen-bond acceptors (Lipinski definition) is 4. The lowest BCUT2D eigenvalue weighted by molar-refractivity contribution is -0.123. The second kappa shape index (κ2) is 10.2. The number of benzene rings is 3.